The van der Waals surface area contributed by atoms with E-state index in [9.17, 15) is 8.78 Å². The molecule has 1 aliphatic rings. The summed E-state index contributed by atoms with van der Waals surface area (Å²) in [6.45, 7) is 4.43. The topological polar surface area (TPSA) is 3.24 Å². The van der Waals surface area contributed by atoms with Crippen molar-refractivity contribution in [2.45, 2.75) is 39.2 Å². The molecule has 1 saturated heterocycles. The zero-order valence-corrected chi connectivity index (χ0v) is 9.04. The Morgan fingerprint density at radius 3 is 2.62 bits per heavy atom. The Morgan fingerprint density at radius 1 is 1.46 bits per heavy atom. The Bertz CT molecular complexity index is 164. The van der Waals surface area contributed by atoms with Crippen LogP contribution in [0.3, 0.4) is 0 Å². The van der Waals surface area contributed by atoms with Crippen molar-refractivity contribution in [3.8, 4) is 0 Å². The van der Waals surface area contributed by atoms with Crippen molar-refractivity contribution >= 4 is 11.9 Å². The largest absolute Gasteiger partial charge is 0.313 e. The average molecular weight is 209 g/mol. The minimum Gasteiger partial charge on any atom is -0.189 e. The van der Waals surface area contributed by atoms with Crippen LogP contribution in [0, 0.1) is 5.92 Å². The van der Waals surface area contributed by atoms with E-state index in [0.29, 0.717) is 6.54 Å². The van der Waals surface area contributed by atoms with Gasteiger partial charge in [-0.25, -0.2) is 0 Å². The van der Waals surface area contributed by atoms with Gasteiger partial charge in [0, 0.05) is 18.7 Å². The van der Waals surface area contributed by atoms with Crippen LogP contribution in [-0.4, -0.2) is 22.6 Å². The lowest BCUT2D eigenvalue weighted by Crippen LogP contribution is -2.43. The molecule has 0 aliphatic carbocycles. The number of rotatable bonds is 3. The molecule has 0 aromatic rings. The van der Waals surface area contributed by atoms with Gasteiger partial charge in [0.15, 0.2) is 0 Å². The monoisotopic (exact) mass is 209 g/mol. The molecule has 0 bridgehead atoms. The van der Waals surface area contributed by atoms with E-state index in [1.807, 2.05) is 13.8 Å². The van der Waals surface area contributed by atoms with Crippen molar-refractivity contribution in [1.29, 1.82) is 0 Å². The zero-order chi connectivity index (χ0) is 9.90. The highest BCUT2D eigenvalue weighted by molar-refractivity contribution is 7.97. The number of nitrogens with zero attached hydrogens (tertiary/aromatic N) is 1. The molecule has 0 radical (unpaired) electrons. The zero-order valence-electron chi connectivity index (χ0n) is 8.22. The Balaban J connectivity index is 2.51. The normalized spacial score (nSPS) is 29.1. The maximum Gasteiger partial charge on any atom is 0.313 e. The van der Waals surface area contributed by atoms with Crippen molar-refractivity contribution in [2.24, 2.45) is 5.92 Å². The summed E-state index contributed by atoms with van der Waals surface area (Å²) in [5, 5.41) is 0. The van der Waals surface area contributed by atoms with Crippen molar-refractivity contribution in [1.82, 2.24) is 4.31 Å². The van der Waals surface area contributed by atoms with Crippen LogP contribution in [0.4, 0.5) is 8.78 Å². The van der Waals surface area contributed by atoms with Gasteiger partial charge in [-0.2, -0.15) is 13.1 Å². The van der Waals surface area contributed by atoms with E-state index in [1.165, 1.54) is 16.3 Å². The van der Waals surface area contributed by atoms with Crippen LogP contribution < -0.4 is 0 Å². The molecule has 0 spiro atoms. The Morgan fingerprint density at radius 2 is 2.15 bits per heavy atom. The molecule has 1 rings (SSSR count). The van der Waals surface area contributed by atoms with Crippen LogP contribution in [0.1, 0.15) is 33.1 Å². The lowest BCUT2D eigenvalue weighted by atomic mass is 9.94. The summed E-state index contributed by atoms with van der Waals surface area (Å²) in [5.74, 6) is 0.940. The molecule has 0 aromatic carbocycles. The standard InChI is InChI=1S/C9H17F2NS/c1-3-8-5-6-12(13-4-2)9(10,11)7-8/h8H,3-7H2,1-2H3. The maximum atomic E-state index is 13.4. The van der Waals surface area contributed by atoms with Crippen LogP contribution in [-0.2, 0) is 0 Å². The number of halogens is 2. The van der Waals surface area contributed by atoms with Crippen molar-refractivity contribution in [3.05, 3.63) is 0 Å². The number of alkyl halides is 2. The third-order valence-corrected chi connectivity index (χ3v) is 3.52. The van der Waals surface area contributed by atoms with Crippen LogP contribution in [0.5, 0.6) is 0 Å². The lowest BCUT2D eigenvalue weighted by Gasteiger charge is -2.37. The van der Waals surface area contributed by atoms with Gasteiger partial charge in [-0.1, -0.05) is 32.2 Å². The second-order valence-corrected chi connectivity index (χ2v) is 4.73. The first-order valence-corrected chi connectivity index (χ1v) is 5.82. The van der Waals surface area contributed by atoms with Gasteiger partial charge in [-0.05, 0) is 12.3 Å². The molecule has 4 heteroatoms. The molecule has 1 heterocycles. The van der Waals surface area contributed by atoms with Crippen molar-refractivity contribution < 1.29 is 8.78 Å². The molecular formula is C9H17F2NS. The van der Waals surface area contributed by atoms with E-state index in [1.54, 1.807) is 0 Å². The van der Waals surface area contributed by atoms with Crippen LogP contribution >= 0.6 is 11.9 Å². The Labute approximate surface area is 83.0 Å². The quantitative estimate of drug-likeness (QED) is 0.518. The second-order valence-electron chi connectivity index (χ2n) is 3.45. The fraction of sp³-hybridized carbons (Fsp3) is 1.00. The van der Waals surface area contributed by atoms with Gasteiger partial charge in [0.25, 0.3) is 0 Å². The number of hydrogen-bond donors (Lipinski definition) is 0. The summed E-state index contributed by atoms with van der Waals surface area (Å²) in [7, 11) is 0. The molecular weight excluding hydrogens is 192 g/mol. The molecule has 0 aromatic heterocycles. The first-order chi connectivity index (χ1) is 6.10. The predicted molar refractivity (Wildman–Crippen MR) is 52.8 cm³/mol. The molecule has 13 heavy (non-hydrogen) atoms. The molecule has 1 atom stereocenters. The third-order valence-electron chi connectivity index (χ3n) is 2.50. The van der Waals surface area contributed by atoms with Gasteiger partial charge >= 0.3 is 6.05 Å². The highest BCUT2D eigenvalue weighted by Gasteiger charge is 2.42. The van der Waals surface area contributed by atoms with E-state index in [2.05, 4.69) is 0 Å². The maximum absolute atomic E-state index is 13.4. The number of hydrogen-bond acceptors (Lipinski definition) is 2. The van der Waals surface area contributed by atoms with E-state index >= 15 is 0 Å². The van der Waals surface area contributed by atoms with Gasteiger partial charge in [-0.3, -0.25) is 0 Å². The Hall–Kier alpha value is 0.170. The summed E-state index contributed by atoms with van der Waals surface area (Å²) < 4.78 is 28.0. The summed E-state index contributed by atoms with van der Waals surface area (Å²) in [5.41, 5.74) is 0. The SMILES string of the molecule is CCSN1CCC(CC)CC1(F)F. The molecule has 1 nitrogen and oxygen atoms in total. The van der Waals surface area contributed by atoms with Crippen LogP contribution in [0.2, 0.25) is 0 Å². The molecule has 0 saturated carbocycles. The highest BCUT2D eigenvalue weighted by Crippen LogP contribution is 2.39. The van der Waals surface area contributed by atoms with E-state index in [-0.39, 0.29) is 12.3 Å². The van der Waals surface area contributed by atoms with Gasteiger partial charge in [-0.15, -0.1) is 0 Å². The first-order valence-electron chi connectivity index (χ1n) is 4.88. The average Bonchev–Trinajstić information content (AvgIpc) is 2.08. The number of piperidine rings is 1. The Kier molecular flexibility index (Phi) is 3.98. The first kappa shape index (κ1) is 11.2. The summed E-state index contributed by atoms with van der Waals surface area (Å²) >= 11 is 1.26. The molecule has 1 aliphatic heterocycles. The molecule has 78 valence electrons. The molecule has 0 N–H and O–H groups in total. The van der Waals surface area contributed by atoms with E-state index in [0.717, 1.165) is 18.6 Å². The smallest absolute Gasteiger partial charge is 0.189 e. The van der Waals surface area contributed by atoms with Crippen molar-refractivity contribution in [3.63, 3.8) is 0 Å². The second kappa shape index (κ2) is 4.60. The highest BCUT2D eigenvalue weighted by atomic mass is 32.2. The fourth-order valence-corrected chi connectivity index (χ4v) is 2.49. The fourth-order valence-electron chi connectivity index (χ4n) is 1.68. The van der Waals surface area contributed by atoms with Crippen molar-refractivity contribution in [2.75, 3.05) is 12.3 Å². The van der Waals surface area contributed by atoms with Crippen LogP contribution in [0.15, 0.2) is 0 Å². The lowest BCUT2D eigenvalue weighted by molar-refractivity contribution is -0.133. The predicted octanol–water partition coefficient (Wildman–Crippen LogP) is 3.37. The minimum absolute atomic E-state index is 0.0382. The van der Waals surface area contributed by atoms with Gasteiger partial charge < -0.3 is 0 Å². The van der Waals surface area contributed by atoms with E-state index < -0.39 is 6.05 Å². The third kappa shape index (κ3) is 2.81. The minimum atomic E-state index is -2.58. The van der Waals surface area contributed by atoms with Gasteiger partial charge in [0.2, 0.25) is 0 Å². The summed E-state index contributed by atoms with van der Waals surface area (Å²) in [4.78, 5) is 0. The summed E-state index contributed by atoms with van der Waals surface area (Å²) in [6.07, 6.45) is 1.83. The van der Waals surface area contributed by atoms with E-state index in [4.69, 9.17) is 0 Å². The van der Waals surface area contributed by atoms with Crippen LogP contribution in [0.25, 0.3) is 0 Å². The van der Waals surface area contributed by atoms with Gasteiger partial charge in [0.1, 0.15) is 0 Å². The molecule has 0 amide bonds. The van der Waals surface area contributed by atoms with Gasteiger partial charge in [0.05, 0.1) is 0 Å². The summed E-state index contributed by atoms with van der Waals surface area (Å²) in [6, 6.07) is -2.58. The molecule has 1 fully saturated rings. The molecule has 1 unspecified atom stereocenters.